The summed E-state index contributed by atoms with van der Waals surface area (Å²) in [6.45, 7) is 4.64. The molecule has 116 valence electrons. The molecule has 1 fully saturated rings. The molecular weight excluding hydrogens is 286 g/mol. The van der Waals surface area contributed by atoms with Gasteiger partial charge in [-0.15, -0.1) is 0 Å². The first-order valence-corrected chi connectivity index (χ1v) is 8.83. The van der Waals surface area contributed by atoms with Crippen LogP contribution in [0.2, 0.25) is 0 Å². The van der Waals surface area contributed by atoms with Crippen LogP contribution >= 0.6 is 10.9 Å². The molecule has 1 aliphatic heterocycles. The quantitative estimate of drug-likeness (QED) is 0.497. The summed E-state index contributed by atoms with van der Waals surface area (Å²) in [5, 5.41) is 0.477. The molecule has 5 heteroatoms. The van der Waals surface area contributed by atoms with Gasteiger partial charge in [0.2, 0.25) is 0 Å². The Labute approximate surface area is 128 Å². The Morgan fingerprint density at radius 2 is 2.00 bits per heavy atom. The van der Waals surface area contributed by atoms with Crippen LogP contribution in [0.5, 0.6) is 0 Å². The Morgan fingerprint density at radius 1 is 1.33 bits per heavy atom. The van der Waals surface area contributed by atoms with Gasteiger partial charge in [0.25, 0.3) is 0 Å². The van der Waals surface area contributed by atoms with Crippen molar-refractivity contribution in [3.05, 3.63) is 30.3 Å². The predicted molar refractivity (Wildman–Crippen MR) is 86.5 cm³/mol. The van der Waals surface area contributed by atoms with E-state index in [1.165, 1.54) is 11.8 Å². The van der Waals surface area contributed by atoms with Crippen molar-refractivity contribution in [2.75, 3.05) is 26.2 Å². The number of hydrogen-bond donors (Lipinski definition) is 1. The van der Waals surface area contributed by atoms with Crippen LogP contribution < -0.4 is 0 Å². The fourth-order valence-corrected chi connectivity index (χ4v) is 4.72. The Hall–Kier alpha value is -1.33. The van der Waals surface area contributed by atoms with Gasteiger partial charge in [0.05, 0.1) is 0 Å². The zero-order valence-electron chi connectivity index (χ0n) is 12.4. The van der Waals surface area contributed by atoms with Gasteiger partial charge < -0.3 is 4.74 Å². The second-order valence-electron chi connectivity index (χ2n) is 5.26. The highest BCUT2D eigenvalue weighted by Crippen LogP contribution is 2.42. The van der Waals surface area contributed by atoms with Gasteiger partial charge >= 0.3 is 5.97 Å². The van der Waals surface area contributed by atoms with E-state index in [1.54, 1.807) is 0 Å². The zero-order chi connectivity index (χ0) is 15.1. The van der Waals surface area contributed by atoms with Gasteiger partial charge in [0, 0.05) is 13.5 Å². The molecule has 2 rings (SSSR count). The number of hydrogen-bond acceptors (Lipinski definition) is 4. The third-order valence-electron chi connectivity index (χ3n) is 3.83. The van der Waals surface area contributed by atoms with Crippen molar-refractivity contribution in [2.24, 2.45) is 0 Å². The standard InChI is InChI=1S/C16H23NO3S/c1-14(19)20-12-11-17-9-7-16(8-10-17)21(13-18)15-5-3-2-4-6-15/h2-6,13,16,21H,7-12H2,1H3. The number of thiol groups is 1. The van der Waals surface area contributed by atoms with Gasteiger partial charge in [0.15, 0.2) is 5.62 Å². The van der Waals surface area contributed by atoms with E-state index >= 15 is 0 Å². The van der Waals surface area contributed by atoms with Crippen LogP contribution in [0.15, 0.2) is 35.2 Å². The van der Waals surface area contributed by atoms with Crippen molar-refractivity contribution in [2.45, 2.75) is 29.9 Å². The molecule has 0 amide bonds. The van der Waals surface area contributed by atoms with Crippen LogP contribution in [0.25, 0.3) is 0 Å². The highest BCUT2D eigenvalue weighted by Gasteiger charge is 2.24. The van der Waals surface area contributed by atoms with Gasteiger partial charge in [-0.05, 0) is 48.2 Å². The maximum Gasteiger partial charge on any atom is 0.302 e. The van der Waals surface area contributed by atoms with Crippen LogP contribution in [0, 0.1) is 0 Å². The average molecular weight is 309 g/mol. The van der Waals surface area contributed by atoms with E-state index < -0.39 is 10.9 Å². The molecule has 0 N–H and O–H groups in total. The average Bonchev–Trinajstić information content (AvgIpc) is 2.50. The number of rotatable bonds is 6. The summed E-state index contributed by atoms with van der Waals surface area (Å²) in [4.78, 5) is 25.7. The molecule has 1 aliphatic rings. The summed E-state index contributed by atoms with van der Waals surface area (Å²) in [6.07, 6.45) is 2.08. The highest BCUT2D eigenvalue weighted by atomic mass is 32.2. The molecule has 0 bridgehead atoms. The molecule has 0 aromatic heterocycles. The number of carbonyl (C=O) groups is 2. The minimum atomic E-state index is -0.707. The molecule has 0 aliphatic carbocycles. The van der Waals surface area contributed by atoms with Crippen LogP contribution in [0.3, 0.4) is 0 Å². The minimum absolute atomic E-state index is 0.224. The van der Waals surface area contributed by atoms with E-state index in [9.17, 15) is 9.59 Å². The molecule has 0 saturated carbocycles. The van der Waals surface area contributed by atoms with Crippen molar-refractivity contribution in [1.29, 1.82) is 0 Å². The summed E-state index contributed by atoms with van der Waals surface area (Å²) < 4.78 is 4.98. The first-order valence-electron chi connectivity index (χ1n) is 7.35. The molecule has 1 unspecified atom stereocenters. The number of nitrogens with zero attached hydrogens (tertiary/aromatic N) is 1. The zero-order valence-corrected chi connectivity index (χ0v) is 13.3. The molecule has 21 heavy (non-hydrogen) atoms. The number of ether oxygens (including phenoxy) is 1. The lowest BCUT2D eigenvalue weighted by atomic mass is 10.1. The van der Waals surface area contributed by atoms with E-state index in [0.717, 1.165) is 38.1 Å². The molecule has 1 atom stereocenters. The second-order valence-corrected chi connectivity index (χ2v) is 7.53. The number of carbonyl (C=O) groups excluding carboxylic acids is 2. The van der Waals surface area contributed by atoms with Gasteiger partial charge in [-0.3, -0.25) is 14.5 Å². The normalized spacial score (nSPS) is 19.0. The fraction of sp³-hybridized carbons (Fsp3) is 0.500. The molecule has 0 spiro atoms. The van der Waals surface area contributed by atoms with E-state index in [2.05, 4.69) is 17.0 Å². The summed E-state index contributed by atoms with van der Waals surface area (Å²) in [6, 6.07) is 10.1. The van der Waals surface area contributed by atoms with Crippen molar-refractivity contribution in [1.82, 2.24) is 4.90 Å². The van der Waals surface area contributed by atoms with E-state index in [-0.39, 0.29) is 5.97 Å². The van der Waals surface area contributed by atoms with E-state index in [0.29, 0.717) is 11.9 Å². The Morgan fingerprint density at radius 3 is 2.57 bits per heavy atom. The smallest absolute Gasteiger partial charge is 0.302 e. The number of esters is 1. The van der Waals surface area contributed by atoms with E-state index in [4.69, 9.17) is 4.74 Å². The first-order chi connectivity index (χ1) is 10.2. The second kappa shape index (κ2) is 8.20. The molecule has 1 heterocycles. The predicted octanol–water partition coefficient (Wildman–Crippen LogP) is 2.26. The van der Waals surface area contributed by atoms with Crippen molar-refractivity contribution >= 4 is 22.5 Å². The third kappa shape index (κ3) is 4.86. The number of likely N-dealkylation sites (tertiary alicyclic amines) is 1. The van der Waals surface area contributed by atoms with Gasteiger partial charge in [0.1, 0.15) is 6.61 Å². The first kappa shape index (κ1) is 16.0. The highest BCUT2D eigenvalue weighted by molar-refractivity contribution is 8.28. The van der Waals surface area contributed by atoms with Gasteiger partial charge in [-0.25, -0.2) is 0 Å². The monoisotopic (exact) mass is 309 g/mol. The molecule has 1 saturated heterocycles. The van der Waals surface area contributed by atoms with Gasteiger partial charge in [-0.2, -0.15) is 10.9 Å². The van der Waals surface area contributed by atoms with E-state index in [1.807, 2.05) is 18.2 Å². The van der Waals surface area contributed by atoms with Crippen molar-refractivity contribution in [3.63, 3.8) is 0 Å². The van der Waals surface area contributed by atoms with Crippen molar-refractivity contribution < 1.29 is 14.3 Å². The summed E-state index contributed by atoms with van der Waals surface area (Å²) >= 11 is 0. The SMILES string of the molecule is CC(=O)OCCN1CCC([SH](C=O)c2ccccc2)CC1. The lowest BCUT2D eigenvalue weighted by molar-refractivity contribution is -0.141. The summed E-state index contributed by atoms with van der Waals surface area (Å²) in [5.74, 6) is -0.224. The molecule has 0 radical (unpaired) electrons. The third-order valence-corrected chi connectivity index (χ3v) is 6.26. The molecule has 1 aromatic carbocycles. The number of benzene rings is 1. The van der Waals surface area contributed by atoms with Crippen LogP contribution in [-0.2, 0) is 14.3 Å². The summed E-state index contributed by atoms with van der Waals surface area (Å²) in [7, 11) is -0.707. The maximum absolute atomic E-state index is 11.5. The molecular formula is C16H23NO3S. The lowest BCUT2D eigenvalue weighted by Gasteiger charge is -2.35. The Balaban J connectivity index is 1.82. The molecule has 1 aromatic rings. The lowest BCUT2D eigenvalue weighted by Crippen LogP contribution is -2.38. The van der Waals surface area contributed by atoms with Crippen LogP contribution in [-0.4, -0.2) is 48.0 Å². The maximum atomic E-state index is 11.5. The Bertz CT molecular complexity index is 458. The molecule has 4 nitrogen and oxygen atoms in total. The van der Waals surface area contributed by atoms with Crippen LogP contribution in [0.4, 0.5) is 0 Å². The number of piperidine rings is 1. The summed E-state index contributed by atoms with van der Waals surface area (Å²) in [5.41, 5.74) is 1.16. The topological polar surface area (TPSA) is 46.6 Å². The fourth-order valence-electron chi connectivity index (χ4n) is 2.70. The van der Waals surface area contributed by atoms with Gasteiger partial charge in [-0.1, -0.05) is 18.2 Å². The minimum Gasteiger partial charge on any atom is -0.465 e. The van der Waals surface area contributed by atoms with Crippen LogP contribution in [0.1, 0.15) is 19.8 Å². The van der Waals surface area contributed by atoms with Crippen molar-refractivity contribution in [3.8, 4) is 0 Å². The largest absolute Gasteiger partial charge is 0.465 e. The Kier molecular flexibility index (Phi) is 6.26.